The van der Waals surface area contributed by atoms with E-state index in [1.807, 2.05) is 0 Å². The molecule has 0 radical (unpaired) electrons. The first-order valence-corrected chi connectivity index (χ1v) is 6.85. The number of aromatic nitrogens is 1. The van der Waals surface area contributed by atoms with E-state index in [0.717, 1.165) is 18.8 Å². The van der Waals surface area contributed by atoms with Gasteiger partial charge in [0, 0.05) is 17.8 Å². The highest BCUT2D eigenvalue weighted by atomic mass is 16.6. The smallest absolute Gasteiger partial charge is 0.314 e. The van der Waals surface area contributed by atoms with Gasteiger partial charge in [0.15, 0.2) is 0 Å². The molecule has 19 heavy (non-hydrogen) atoms. The van der Waals surface area contributed by atoms with Crippen LogP contribution < -0.4 is 5.32 Å². The molecule has 104 valence electrons. The second kappa shape index (κ2) is 5.55. The lowest BCUT2D eigenvalue weighted by Crippen LogP contribution is -2.30. The zero-order valence-electron chi connectivity index (χ0n) is 11.7. The summed E-state index contributed by atoms with van der Waals surface area (Å²) in [5.74, 6) is 1.80. The number of aryl methyl sites for hydroxylation is 1. The molecular weight excluding hydrogens is 242 g/mol. The minimum atomic E-state index is -0.348. The average molecular weight is 263 g/mol. The summed E-state index contributed by atoms with van der Waals surface area (Å²) in [5, 5.41) is 14.4. The fourth-order valence-corrected chi connectivity index (χ4v) is 2.76. The van der Waals surface area contributed by atoms with Crippen LogP contribution in [0.1, 0.15) is 38.7 Å². The molecule has 2 rings (SSSR count). The molecular formula is C14H21N3O2. The molecule has 0 spiro atoms. The van der Waals surface area contributed by atoms with E-state index in [9.17, 15) is 10.1 Å². The van der Waals surface area contributed by atoms with Gasteiger partial charge in [-0.25, -0.2) is 4.98 Å². The van der Waals surface area contributed by atoms with Crippen LogP contribution in [0.4, 0.5) is 11.5 Å². The van der Waals surface area contributed by atoms with E-state index in [4.69, 9.17) is 0 Å². The standard InChI is InChI=1S/C14H21N3O2/c1-9-4-5-12(8-11(9)3)16-14-13(17(18)19)10(2)6-7-15-14/h6-7,9,11-12H,4-5,8H2,1-3H3,(H,15,16). The van der Waals surface area contributed by atoms with Crippen molar-refractivity contribution in [2.75, 3.05) is 5.32 Å². The number of anilines is 1. The fraction of sp³-hybridized carbons (Fsp3) is 0.643. The molecule has 1 heterocycles. The molecule has 1 aliphatic rings. The highest BCUT2D eigenvalue weighted by Gasteiger charge is 2.27. The molecule has 1 aromatic heterocycles. The van der Waals surface area contributed by atoms with Crippen LogP contribution in [0.2, 0.25) is 0 Å². The van der Waals surface area contributed by atoms with Gasteiger partial charge >= 0.3 is 5.69 Å². The third-order valence-electron chi connectivity index (χ3n) is 4.25. The highest BCUT2D eigenvalue weighted by molar-refractivity contribution is 5.60. The quantitative estimate of drug-likeness (QED) is 0.669. The van der Waals surface area contributed by atoms with E-state index in [1.54, 1.807) is 19.2 Å². The molecule has 5 nitrogen and oxygen atoms in total. The number of hydrogen-bond donors (Lipinski definition) is 1. The first kappa shape index (κ1) is 13.8. The number of rotatable bonds is 3. The number of nitrogens with zero attached hydrogens (tertiary/aromatic N) is 2. The maximum atomic E-state index is 11.1. The van der Waals surface area contributed by atoms with Crippen molar-refractivity contribution in [2.24, 2.45) is 11.8 Å². The van der Waals surface area contributed by atoms with Crippen molar-refractivity contribution in [1.82, 2.24) is 4.98 Å². The van der Waals surface area contributed by atoms with E-state index in [0.29, 0.717) is 23.3 Å². The maximum absolute atomic E-state index is 11.1. The summed E-state index contributed by atoms with van der Waals surface area (Å²) in [6.45, 7) is 6.27. The van der Waals surface area contributed by atoms with Crippen LogP contribution in [0.3, 0.4) is 0 Å². The van der Waals surface area contributed by atoms with Gasteiger partial charge in [0.05, 0.1) is 4.92 Å². The predicted octanol–water partition coefficient (Wildman–Crippen LogP) is 3.53. The maximum Gasteiger partial charge on any atom is 0.314 e. The van der Waals surface area contributed by atoms with Gasteiger partial charge in [0.2, 0.25) is 5.82 Å². The zero-order valence-corrected chi connectivity index (χ0v) is 11.7. The van der Waals surface area contributed by atoms with Crippen molar-refractivity contribution < 1.29 is 4.92 Å². The number of nitro groups is 1. The average Bonchev–Trinajstić information content (AvgIpc) is 2.33. The lowest BCUT2D eigenvalue weighted by atomic mass is 9.79. The SMILES string of the molecule is Cc1ccnc(NC2CCC(C)C(C)C2)c1[N+](=O)[O-]. The minimum Gasteiger partial charge on any atom is -0.362 e. The van der Waals surface area contributed by atoms with Crippen molar-refractivity contribution in [3.05, 3.63) is 27.9 Å². The van der Waals surface area contributed by atoms with Gasteiger partial charge in [0.25, 0.3) is 0 Å². The summed E-state index contributed by atoms with van der Waals surface area (Å²) in [5.41, 5.74) is 0.758. The number of pyridine rings is 1. The van der Waals surface area contributed by atoms with Gasteiger partial charge in [-0.05, 0) is 44.1 Å². The lowest BCUT2D eigenvalue weighted by molar-refractivity contribution is -0.384. The van der Waals surface area contributed by atoms with Gasteiger partial charge in [-0.15, -0.1) is 0 Å². The topological polar surface area (TPSA) is 68.1 Å². The van der Waals surface area contributed by atoms with Gasteiger partial charge in [-0.2, -0.15) is 0 Å². The van der Waals surface area contributed by atoms with Crippen LogP contribution in [-0.4, -0.2) is 15.9 Å². The molecule has 3 atom stereocenters. The van der Waals surface area contributed by atoms with Crippen LogP contribution in [0, 0.1) is 28.9 Å². The molecule has 1 saturated carbocycles. The molecule has 0 bridgehead atoms. The summed E-state index contributed by atoms with van der Waals surface area (Å²) in [4.78, 5) is 14.9. The Morgan fingerprint density at radius 3 is 2.74 bits per heavy atom. The molecule has 0 saturated heterocycles. The first-order chi connectivity index (χ1) is 8.99. The molecule has 1 N–H and O–H groups in total. The molecule has 3 unspecified atom stereocenters. The van der Waals surface area contributed by atoms with Crippen LogP contribution in [0.15, 0.2) is 12.3 Å². The van der Waals surface area contributed by atoms with E-state index in [-0.39, 0.29) is 10.6 Å². The van der Waals surface area contributed by atoms with Gasteiger partial charge in [0.1, 0.15) is 0 Å². The Labute approximate surface area is 113 Å². The second-order valence-corrected chi connectivity index (χ2v) is 5.69. The van der Waals surface area contributed by atoms with Crippen molar-refractivity contribution >= 4 is 11.5 Å². The Hall–Kier alpha value is -1.65. The van der Waals surface area contributed by atoms with Crippen LogP contribution in [0.25, 0.3) is 0 Å². The number of nitrogens with one attached hydrogen (secondary N) is 1. The number of hydrogen-bond acceptors (Lipinski definition) is 4. The minimum absolute atomic E-state index is 0.105. The zero-order chi connectivity index (χ0) is 14.0. The molecule has 0 amide bonds. The molecule has 5 heteroatoms. The van der Waals surface area contributed by atoms with Gasteiger partial charge in [-0.3, -0.25) is 10.1 Å². The Morgan fingerprint density at radius 1 is 1.37 bits per heavy atom. The highest BCUT2D eigenvalue weighted by Crippen LogP contribution is 2.33. The van der Waals surface area contributed by atoms with Gasteiger partial charge in [-0.1, -0.05) is 13.8 Å². The first-order valence-electron chi connectivity index (χ1n) is 6.85. The van der Waals surface area contributed by atoms with Crippen LogP contribution >= 0.6 is 0 Å². The predicted molar refractivity (Wildman–Crippen MR) is 75.2 cm³/mol. The Morgan fingerprint density at radius 2 is 2.11 bits per heavy atom. The normalized spacial score (nSPS) is 27.0. The second-order valence-electron chi connectivity index (χ2n) is 5.69. The van der Waals surface area contributed by atoms with Crippen LogP contribution in [-0.2, 0) is 0 Å². The van der Waals surface area contributed by atoms with E-state index in [1.165, 1.54) is 6.42 Å². The Balaban J connectivity index is 2.15. The van der Waals surface area contributed by atoms with Crippen molar-refractivity contribution in [3.63, 3.8) is 0 Å². The van der Waals surface area contributed by atoms with Crippen molar-refractivity contribution in [1.29, 1.82) is 0 Å². The summed E-state index contributed by atoms with van der Waals surface area (Å²) >= 11 is 0. The third kappa shape index (κ3) is 3.03. The third-order valence-corrected chi connectivity index (χ3v) is 4.25. The molecule has 0 aromatic carbocycles. The Bertz CT molecular complexity index is 476. The Kier molecular flexibility index (Phi) is 4.02. The summed E-state index contributed by atoms with van der Waals surface area (Å²) in [6.07, 6.45) is 4.89. The molecule has 0 aliphatic heterocycles. The van der Waals surface area contributed by atoms with Crippen LogP contribution in [0.5, 0.6) is 0 Å². The van der Waals surface area contributed by atoms with E-state index in [2.05, 4.69) is 24.1 Å². The lowest BCUT2D eigenvalue weighted by Gasteiger charge is -2.32. The molecule has 1 aliphatic carbocycles. The largest absolute Gasteiger partial charge is 0.362 e. The monoisotopic (exact) mass is 263 g/mol. The van der Waals surface area contributed by atoms with Crippen molar-refractivity contribution in [3.8, 4) is 0 Å². The van der Waals surface area contributed by atoms with E-state index < -0.39 is 0 Å². The van der Waals surface area contributed by atoms with Gasteiger partial charge < -0.3 is 5.32 Å². The van der Waals surface area contributed by atoms with Crippen molar-refractivity contribution in [2.45, 2.75) is 46.1 Å². The molecule has 1 aromatic rings. The fourth-order valence-electron chi connectivity index (χ4n) is 2.76. The summed E-state index contributed by atoms with van der Waals surface area (Å²) in [6, 6.07) is 1.97. The molecule has 1 fully saturated rings. The summed E-state index contributed by atoms with van der Waals surface area (Å²) < 4.78 is 0. The summed E-state index contributed by atoms with van der Waals surface area (Å²) in [7, 11) is 0. The van der Waals surface area contributed by atoms with E-state index >= 15 is 0 Å².